The first kappa shape index (κ1) is 28.1. The van der Waals surface area contributed by atoms with E-state index >= 15 is 0 Å². The van der Waals surface area contributed by atoms with Gasteiger partial charge in [0.25, 0.3) is 11.8 Å². The van der Waals surface area contributed by atoms with Crippen molar-refractivity contribution in [1.29, 1.82) is 0 Å². The number of benzene rings is 2. The van der Waals surface area contributed by atoms with Gasteiger partial charge in [0.2, 0.25) is 0 Å². The average molecular weight is 599 g/mol. The van der Waals surface area contributed by atoms with Crippen LogP contribution in [0.4, 0.5) is 0 Å². The number of hydrogen-bond donors (Lipinski definition) is 1. The van der Waals surface area contributed by atoms with Gasteiger partial charge in [-0.1, -0.05) is 18.2 Å². The second-order valence-electron chi connectivity index (χ2n) is 11.0. The smallest absolute Gasteiger partial charge is 0.258 e. The molecule has 0 aliphatic carbocycles. The van der Waals surface area contributed by atoms with E-state index in [4.69, 9.17) is 9.47 Å². The predicted octanol–water partition coefficient (Wildman–Crippen LogP) is 5.33. The van der Waals surface area contributed by atoms with Gasteiger partial charge in [0.05, 0.1) is 35.7 Å². The molecule has 1 atom stereocenters. The van der Waals surface area contributed by atoms with Crippen LogP contribution in [-0.4, -0.2) is 56.3 Å². The van der Waals surface area contributed by atoms with E-state index in [1.807, 2.05) is 66.4 Å². The monoisotopic (exact) mass is 598 g/mol. The summed E-state index contributed by atoms with van der Waals surface area (Å²) >= 11 is 0. The van der Waals surface area contributed by atoms with Crippen LogP contribution in [0.25, 0.3) is 11.4 Å². The summed E-state index contributed by atoms with van der Waals surface area (Å²) in [5, 5.41) is 2.91. The predicted molar refractivity (Wildman–Crippen MR) is 166 cm³/mol. The molecule has 6 heterocycles. The first-order valence-electron chi connectivity index (χ1n) is 14.9. The Kier molecular flexibility index (Phi) is 7.61. The lowest BCUT2D eigenvalue weighted by Crippen LogP contribution is -2.41. The number of fused-ring (bicyclic) bond motifs is 6. The normalized spacial score (nSPS) is 16.1. The Morgan fingerprint density at radius 2 is 1.84 bits per heavy atom. The highest BCUT2D eigenvalue weighted by Crippen LogP contribution is 2.39. The van der Waals surface area contributed by atoms with E-state index in [1.165, 1.54) is 6.20 Å². The van der Waals surface area contributed by atoms with Crippen LogP contribution in [-0.2, 0) is 6.42 Å². The van der Waals surface area contributed by atoms with Crippen molar-refractivity contribution in [3.05, 3.63) is 125 Å². The minimum absolute atomic E-state index is 0.145. The molecule has 2 aromatic carbocycles. The van der Waals surface area contributed by atoms with Crippen molar-refractivity contribution in [2.45, 2.75) is 25.8 Å². The van der Waals surface area contributed by atoms with Gasteiger partial charge >= 0.3 is 0 Å². The van der Waals surface area contributed by atoms with Gasteiger partial charge in [-0.05, 0) is 78.9 Å². The average Bonchev–Trinajstić information content (AvgIpc) is 3.07. The van der Waals surface area contributed by atoms with Crippen molar-refractivity contribution >= 4 is 11.8 Å². The molecule has 3 aromatic heterocycles. The molecule has 2 amide bonds. The summed E-state index contributed by atoms with van der Waals surface area (Å²) in [6.45, 7) is 3.17. The molecule has 3 aliphatic heterocycles. The highest BCUT2D eigenvalue weighted by Gasteiger charge is 2.34. The molecule has 0 radical (unpaired) electrons. The van der Waals surface area contributed by atoms with Gasteiger partial charge in [-0.15, -0.1) is 0 Å². The molecule has 1 N–H and O–H groups in total. The van der Waals surface area contributed by atoms with Crippen molar-refractivity contribution in [3.63, 3.8) is 0 Å². The maximum absolute atomic E-state index is 14.3. The van der Waals surface area contributed by atoms with Crippen LogP contribution in [0.1, 0.15) is 55.6 Å². The van der Waals surface area contributed by atoms with Crippen LogP contribution in [0.15, 0.2) is 91.6 Å². The maximum atomic E-state index is 14.3. The van der Waals surface area contributed by atoms with Gasteiger partial charge in [-0.25, -0.2) is 9.97 Å². The fourth-order valence-corrected chi connectivity index (χ4v) is 5.79. The van der Waals surface area contributed by atoms with Crippen LogP contribution in [0, 0.1) is 6.92 Å². The molecule has 3 aliphatic rings. The summed E-state index contributed by atoms with van der Waals surface area (Å²) < 4.78 is 12.2. The third-order valence-electron chi connectivity index (χ3n) is 7.99. The fraction of sp³-hybridized carbons (Fsp3) is 0.200. The van der Waals surface area contributed by atoms with E-state index in [0.717, 1.165) is 22.3 Å². The van der Waals surface area contributed by atoms with Gasteiger partial charge in [0, 0.05) is 43.4 Å². The second kappa shape index (κ2) is 12.2. The Balaban J connectivity index is 1.27. The number of nitrogens with zero attached hydrogens (tertiary/aromatic N) is 5. The minimum Gasteiger partial charge on any atom is -0.494 e. The number of hydrogen-bond acceptors (Lipinski definition) is 8. The fourth-order valence-electron chi connectivity index (χ4n) is 5.79. The standard InChI is InChI=1S/C35H30N6O4/c1-22-31(21-39-33(40-22)25-6-3-11-36-18-25)35(43)41-13-10-23-15-28-8-9-30(23)32(41)24-5-2-7-27(16-24)44-14-4-12-38-34(42)26-17-29(45-28)20-37-19-26/h2-3,5-9,11,15-21,32H,4,10,12-14H2,1H3,(H,38,42). The molecule has 224 valence electrons. The number of carbonyl (C=O) groups excluding carboxylic acids is 2. The van der Waals surface area contributed by atoms with Crippen LogP contribution >= 0.6 is 0 Å². The molecule has 8 rings (SSSR count). The van der Waals surface area contributed by atoms with Gasteiger partial charge in [0.15, 0.2) is 5.82 Å². The van der Waals surface area contributed by atoms with Gasteiger partial charge in [-0.2, -0.15) is 0 Å². The Morgan fingerprint density at radius 3 is 2.71 bits per heavy atom. The summed E-state index contributed by atoms with van der Waals surface area (Å²) in [4.78, 5) is 46.4. The molecule has 10 nitrogen and oxygen atoms in total. The van der Waals surface area contributed by atoms with Crippen molar-refractivity contribution < 1.29 is 19.1 Å². The number of nitrogens with one attached hydrogen (secondary N) is 1. The number of ether oxygens (including phenoxy) is 2. The number of rotatable bonds is 2. The van der Waals surface area contributed by atoms with Crippen molar-refractivity contribution in [2.75, 3.05) is 19.7 Å². The zero-order chi connectivity index (χ0) is 30.8. The molecule has 5 aromatic rings. The van der Waals surface area contributed by atoms with Gasteiger partial charge in [-0.3, -0.25) is 19.6 Å². The van der Waals surface area contributed by atoms with Crippen LogP contribution < -0.4 is 14.8 Å². The molecule has 8 bridgehead atoms. The SMILES string of the molecule is Cc1nc(-c2cccnc2)ncc1C(=O)N1CCc2cc3ccc2C1c1cccc(c1)OCCCNC(=O)c1cncc(c1)O3. The highest BCUT2D eigenvalue weighted by atomic mass is 16.5. The minimum atomic E-state index is -0.376. The van der Waals surface area contributed by atoms with Crippen LogP contribution in [0.5, 0.6) is 17.2 Å². The molecule has 45 heavy (non-hydrogen) atoms. The third-order valence-corrected chi connectivity index (χ3v) is 7.99. The van der Waals surface area contributed by atoms with Crippen LogP contribution in [0.2, 0.25) is 0 Å². The number of aromatic nitrogens is 4. The zero-order valence-corrected chi connectivity index (χ0v) is 24.6. The molecule has 1 unspecified atom stereocenters. The zero-order valence-electron chi connectivity index (χ0n) is 24.6. The van der Waals surface area contributed by atoms with Gasteiger partial charge < -0.3 is 19.7 Å². The lowest BCUT2D eigenvalue weighted by molar-refractivity contribution is 0.0692. The molecule has 0 saturated heterocycles. The van der Waals surface area contributed by atoms with Crippen molar-refractivity contribution in [2.24, 2.45) is 0 Å². The summed E-state index contributed by atoms with van der Waals surface area (Å²) in [6, 6.07) is 18.8. The highest BCUT2D eigenvalue weighted by molar-refractivity contribution is 5.96. The Morgan fingerprint density at radius 1 is 0.933 bits per heavy atom. The van der Waals surface area contributed by atoms with Crippen molar-refractivity contribution in [1.82, 2.24) is 30.2 Å². The number of aryl methyl sites for hydroxylation is 1. The Bertz CT molecular complexity index is 1900. The van der Waals surface area contributed by atoms with E-state index in [1.54, 1.807) is 30.9 Å². The number of pyridine rings is 2. The molecule has 10 heteroatoms. The number of amides is 2. The number of carbonyl (C=O) groups is 2. The molecule has 0 spiro atoms. The first-order chi connectivity index (χ1) is 22.0. The molecular weight excluding hydrogens is 568 g/mol. The van der Waals surface area contributed by atoms with E-state index in [2.05, 4.69) is 25.3 Å². The van der Waals surface area contributed by atoms with E-state index in [-0.39, 0.29) is 17.9 Å². The quantitative estimate of drug-likeness (QED) is 0.290. The lowest BCUT2D eigenvalue weighted by Gasteiger charge is -2.38. The molecular formula is C35H30N6O4. The summed E-state index contributed by atoms with van der Waals surface area (Å²) in [5.74, 6) is 1.94. The Hall–Kier alpha value is -5.64. The lowest BCUT2D eigenvalue weighted by atomic mass is 9.87. The molecule has 0 fully saturated rings. The largest absolute Gasteiger partial charge is 0.494 e. The third kappa shape index (κ3) is 5.82. The summed E-state index contributed by atoms with van der Waals surface area (Å²) in [5.41, 5.74) is 5.24. The van der Waals surface area contributed by atoms with Crippen molar-refractivity contribution in [3.8, 4) is 28.6 Å². The second-order valence-corrected chi connectivity index (χ2v) is 11.0. The van der Waals surface area contributed by atoms with E-state index < -0.39 is 0 Å². The molecule has 0 saturated carbocycles. The van der Waals surface area contributed by atoms with E-state index in [0.29, 0.717) is 72.4 Å². The maximum Gasteiger partial charge on any atom is 0.258 e. The van der Waals surface area contributed by atoms with Crippen LogP contribution in [0.3, 0.4) is 0 Å². The summed E-state index contributed by atoms with van der Waals surface area (Å²) in [6.07, 6.45) is 9.36. The van der Waals surface area contributed by atoms with E-state index in [9.17, 15) is 9.59 Å². The first-order valence-corrected chi connectivity index (χ1v) is 14.9. The van der Waals surface area contributed by atoms with Gasteiger partial charge in [0.1, 0.15) is 17.2 Å². The summed E-state index contributed by atoms with van der Waals surface area (Å²) in [7, 11) is 0. The Labute approximate surface area is 260 Å². The topological polar surface area (TPSA) is 119 Å².